The quantitative estimate of drug-likeness (QED) is 0.0321. The van der Waals surface area contributed by atoms with Gasteiger partial charge in [0.05, 0.1) is 25.4 Å². The molecule has 6 heteroatoms. The number of carbonyl (C=O) groups is 2. The molecule has 0 spiro atoms. The van der Waals surface area contributed by atoms with E-state index in [0.29, 0.717) is 19.4 Å². The van der Waals surface area contributed by atoms with Gasteiger partial charge < -0.3 is 20.3 Å². The van der Waals surface area contributed by atoms with Crippen LogP contribution in [0.3, 0.4) is 0 Å². The van der Waals surface area contributed by atoms with E-state index in [4.69, 9.17) is 4.74 Å². The number of carbonyl (C=O) groups excluding carboxylic acids is 2. The number of aliphatic hydroxyl groups is 2. The predicted octanol–water partition coefficient (Wildman–Crippen LogP) is 20.0. The summed E-state index contributed by atoms with van der Waals surface area (Å²) < 4.78 is 5.49. The van der Waals surface area contributed by atoms with E-state index in [0.717, 1.165) is 57.8 Å². The van der Waals surface area contributed by atoms with E-state index in [1.54, 1.807) is 6.08 Å². The zero-order valence-electron chi connectivity index (χ0n) is 47.5. The van der Waals surface area contributed by atoms with Gasteiger partial charge in [-0.2, -0.15) is 0 Å². The van der Waals surface area contributed by atoms with Gasteiger partial charge in [-0.15, -0.1) is 0 Å². The molecule has 0 saturated carbocycles. The molecule has 0 bridgehead atoms. The van der Waals surface area contributed by atoms with E-state index in [9.17, 15) is 19.8 Å². The lowest BCUT2D eigenvalue weighted by Crippen LogP contribution is -2.45. The second kappa shape index (κ2) is 60.2. The molecule has 2 unspecified atom stereocenters. The minimum absolute atomic E-state index is 0.00966. The number of ether oxygens (including phenoxy) is 1. The van der Waals surface area contributed by atoms with Gasteiger partial charge in [0.25, 0.3) is 0 Å². The van der Waals surface area contributed by atoms with Gasteiger partial charge in [0.2, 0.25) is 5.91 Å². The highest BCUT2D eigenvalue weighted by atomic mass is 16.5. The Bertz CT molecular complexity index is 1050. The number of amides is 1. The Labute approximate surface area is 438 Å². The lowest BCUT2D eigenvalue weighted by atomic mass is 10.0. The number of esters is 1. The summed E-state index contributed by atoms with van der Waals surface area (Å²) in [6.45, 7) is 4.90. The van der Waals surface area contributed by atoms with Gasteiger partial charge in [0, 0.05) is 12.8 Å². The molecule has 0 aromatic rings. The standard InChI is InChI=1S/C64H125NO5/c1-3-5-7-9-11-13-15-17-19-21-23-24-25-26-27-28-29-31-33-36-40-44-48-52-56-62(67)61(60-66)65-63(68)57-53-49-45-41-37-35-39-43-47-51-55-59-70-64(69)58-54-50-46-42-38-34-32-30-22-20-18-16-14-12-10-8-6-4-2/h52,56,61-62,66-67H,3-51,53-55,57-60H2,1-2H3,(H,65,68)/b56-52+. The van der Waals surface area contributed by atoms with Crippen LogP contribution in [0.4, 0.5) is 0 Å². The van der Waals surface area contributed by atoms with Gasteiger partial charge in [0.15, 0.2) is 0 Å². The summed E-state index contributed by atoms with van der Waals surface area (Å²) in [6, 6.07) is -0.642. The van der Waals surface area contributed by atoms with E-state index >= 15 is 0 Å². The fourth-order valence-corrected chi connectivity index (χ4v) is 10.2. The molecule has 0 rings (SSSR count). The molecule has 0 fully saturated rings. The number of aliphatic hydroxyl groups excluding tert-OH is 2. The van der Waals surface area contributed by atoms with Crippen LogP contribution in [0.2, 0.25) is 0 Å². The first kappa shape index (κ1) is 68.6. The average Bonchev–Trinajstić information content (AvgIpc) is 3.36. The monoisotopic (exact) mass is 988 g/mol. The Morgan fingerprint density at radius 2 is 0.657 bits per heavy atom. The van der Waals surface area contributed by atoms with E-state index in [-0.39, 0.29) is 18.5 Å². The molecule has 2 atom stereocenters. The van der Waals surface area contributed by atoms with Crippen molar-refractivity contribution in [2.24, 2.45) is 0 Å². The van der Waals surface area contributed by atoms with Crippen LogP contribution in [0.15, 0.2) is 12.2 Å². The van der Waals surface area contributed by atoms with Crippen LogP contribution >= 0.6 is 0 Å². The third-order valence-corrected chi connectivity index (χ3v) is 15.1. The van der Waals surface area contributed by atoms with Crippen LogP contribution in [0.5, 0.6) is 0 Å². The highest BCUT2D eigenvalue weighted by Gasteiger charge is 2.18. The van der Waals surface area contributed by atoms with Gasteiger partial charge in [0.1, 0.15) is 0 Å². The number of nitrogens with one attached hydrogen (secondary N) is 1. The van der Waals surface area contributed by atoms with Crippen molar-refractivity contribution in [1.82, 2.24) is 5.32 Å². The number of allylic oxidation sites excluding steroid dienone is 1. The second-order valence-corrected chi connectivity index (χ2v) is 22.1. The van der Waals surface area contributed by atoms with Crippen LogP contribution in [0.1, 0.15) is 361 Å². The lowest BCUT2D eigenvalue weighted by molar-refractivity contribution is -0.143. The Kier molecular flexibility index (Phi) is 59.0. The molecule has 0 aliphatic rings. The molecule has 0 heterocycles. The molecule has 416 valence electrons. The third-order valence-electron chi connectivity index (χ3n) is 15.1. The molecule has 0 saturated heterocycles. The molecule has 0 aliphatic carbocycles. The van der Waals surface area contributed by atoms with Crippen molar-refractivity contribution >= 4 is 11.9 Å². The van der Waals surface area contributed by atoms with Crippen molar-refractivity contribution in [2.75, 3.05) is 13.2 Å². The van der Waals surface area contributed by atoms with Crippen LogP contribution in [0, 0.1) is 0 Å². The molecule has 0 aromatic heterocycles. The van der Waals surface area contributed by atoms with Crippen molar-refractivity contribution in [2.45, 2.75) is 373 Å². The number of hydrogen-bond acceptors (Lipinski definition) is 5. The summed E-state index contributed by atoms with van der Waals surface area (Å²) in [7, 11) is 0. The van der Waals surface area contributed by atoms with Gasteiger partial charge in [-0.05, 0) is 32.1 Å². The zero-order chi connectivity index (χ0) is 50.7. The smallest absolute Gasteiger partial charge is 0.305 e. The first-order chi connectivity index (χ1) is 34.5. The summed E-state index contributed by atoms with van der Waals surface area (Å²) in [5, 5.41) is 23.2. The minimum Gasteiger partial charge on any atom is -0.466 e. The first-order valence-corrected chi connectivity index (χ1v) is 32.0. The molecule has 0 radical (unpaired) electrons. The number of unbranched alkanes of at least 4 members (excludes halogenated alkanes) is 49. The van der Waals surface area contributed by atoms with Crippen molar-refractivity contribution in [1.29, 1.82) is 0 Å². The summed E-state index contributed by atoms with van der Waals surface area (Å²) in [5.41, 5.74) is 0. The van der Waals surface area contributed by atoms with Gasteiger partial charge in [-0.1, -0.05) is 328 Å². The number of hydrogen-bond donors (Lipinski definition) is 3. The molecular weight excluding hydrogens is 863 g/mol. The lowest BCUT2D eigenvalue weighted by Gasteiger charge is -2.20. The molecule has 0 aliphatic heterocycles. The highest BCUT2D eigenvalue weighted by Crippen LogP contribution is 2.18. The molecule has 70 heavy (non-hydrogen) atoms. The Morgan fingerprint density at radius 1 is 0.386 bits per heavy atom. The van der Waals surface area contributed by atoms with E-state index in [1.807, 2.05) is 6.08 Å². The normalized spacial score (nSPS) is 12.6. The topological polar surface area (TPSA) is 95.9 Å². The summed E-state index contributed by atoms with van der Waals surface area (Å²) in [5.74, 6) is -0.0915. The van der Waals surface area contributed by atoms with Crippen LogP contribution in [-0.2, 0) is 14.3 Å². The molecular formula is C64H125NO5. The van der Waals surface area contributed by atoms with Gasteiger partial charge in [-0.25, -0.2) is 0 Å². The summed E-state index contributed by atoms with van der Waals surface area (Å²) in [4.78, 5) is 24.6. The maximum atomic E-state index is 12.5. The van der Waals surface area contributed by atoms with E-state index < -0.39 is 12.1 Å². The summed E-state index contributed by atoms with van der Waals surface area (Å²) >= 11 is 0. The SMILES string of the molecule is CCCCCCCCCCCCCCCCCCCCCCCC/C=C/C(O)C(CO)NC(=O)CCCCCCCCCCCCCOC(=O)CCCCCCCCCCCCCCCCCCCC. The fourth-order valence-electron chi connectivity index (χ4n) is 10.2. The third kappa shape index (κ3) is 55.9. The van der Waals surface area contributed by atoms with Crippen LogP contribution in [0.25, 0.3) is 0 Å². The molecule has 0 aromatic carbocycles. The maximum Gasteiger partial charge on any atom is 0.305 e. The van der Waals surface area contributed by atoms with Crippen LogP contribution in [-0.4, -0.2) is 47.4 Å². The Morgan fingerprint density at radius 3 is 0.971 bits per heavy atom. The highest BCUT2D eigenvalue weighted by molar-refractivity contribution is 5.76. The van der Waals surface area contributed by atoms with Crippen LogP contribution < -0.4 is 5.32 Å². The Balaban J connectivity index is 3.46. The fraction of sp³-hybridized carbons (Fsp3) is 0.938. The zero-order valence-corrected chi connectivity index (χ0v) is 47.5. The second-order valence-electron chi connectivity index (χ2n) is 22.1. The van der Waals surface area contributed by atoms with Gasteiger partial charge >= 0.3 is 5.97 Å². The average molecular weight is 989 g/mol. The van der Waals surface area contributed by atoms with Crippen molar-refractivity contribution in [3.63, 3.8) is 0 Å². The maximum absolute atomic E-state index is 12.5. The molecule has 1 amide bonds. The van der Waals surface area contributed by atoms with Crippen molar-refractivity contribution in [3.8, 4) is 0 Å². The van der Waals surface area contributed by atoms with Crippen molar-refractivity contribution in [3.05, 3.63) is 12.2 Å². The van der Waals surface area contributed by atoms with E-state index in [2.05, 4.69) is 19.2 Å². The van der Waals surface area contributed by atoms with E-state index in [1.165, 1.54) is 276 Å². The number of rotatable bonds is 60. The Hall–Kier alpha value is -1.40. The first-order valence-electron chi connectivity index (χ1n) is 32.0. The largest absolute Gasteiger partial charge is 0.466 e. The molecule has 6 nitrogen and oxygen atoms in total. The summed E-state index contributed by atoms with van der Waals surface area (Å²) in [6.07, 6.45) is 72.5. The van der Waals surface area contributed by atoms with Crippen molar-refractivity contribution < 1.29 is 24.5 Å². The van der Waals surface area contributed by atoms with Gasteiger partial charge in [-0.3, -0.25) is 9.59 Å². The molecule has 3 N–H and O–H groups in total. The minimum atomic E-state index is -0.857. The predicted molar refractivity (Wildman–Crippen MR) is 306 cm³/mol.